The van der Waals surface area contributed by atoms with Crippen LogP contribution in [-0.4, -0.2) is 12.5 Å². The Balaban J connectivity index is 2.66. The van der Waals surface area contributed by atoms with Crippen LogP contribution in [0.2, 0.25) is 0 Å². The maximum absolute atomic E-state index is 11.0. The molecular weight excluding hydrogens is 204 g/mol. The molecule has 0 aliphatic heterocycles. The second-order valence-electron chi connectivity index (χ2n) is 3.64. The zero-order valence-corrected chi connectivity index (χ0v) is 9.53. The molecule has 1 aromatic rings. The van der Waals surface area contributed by atoms with Crippen LogP contribution in [-0.2, 0) is 0 Å². The maximum Gasteiger partial charge on any atom is 0.250 e. The molecule has 1 rings (SSSR count). The molecule has 0 fully saturated rings. The summed E-state index contributed by atoms with van der Waals surface area (Å²) in [5, 5.41) is 0. The van der Waals surface area contributed by atoms with Crippen molar-refractivity contribution in [2.24, 2.45) is 5.73 Å². The Bertz CT molecular complexity index is 364. The number of primary amides is 1. The monoisotopic (exact) mass is 222 g/mol. The number of rotatable bonds is 6. The lowest BCUT2D eigenvalue weighted by Gasteiger charge is -2.10. The summed E-state index contributed by atoms with van der Waals surface area (Å²) in [6.45, 7) is 2.74. The predicted octanol–water partition coefficient (Wildman–Crippen LogP) is 1.94. The highest BCUT2D eigenvalue weighted by Gasteiger charge is 2.09. The first kappa shape index (κ1) is 12.4. The lowest BCUT2D eigenvalue weighted by molar-refractivity contribution is 0.100. The van der Waals surface area contributed by atoms with Crippen molar-refractivity contribution in [3.8, 4) is 5.75 Å². The van der Waals surface area contributed by atoms with Crippen LogP contribution in [0.25, 0.3) is 0 Å². The number of anilines is 1. The molecule has 0 heterocycles. The molecule has 4 heteroatoms. The third-order valence-electron chi connectivity index (χ3n) is 2.34. The number of carbonyl (C=O) groups is 1. The van der Waals surface area contributed by atoms with Gasteiger partial charge in [0.2, 0.25) is 0 Å². The number of hydrogen-bond acceptors (Lipinski definition) is 3. The summed E-state index contributed by atoms with van der Waals surface area (Å²) in [5.41, 5.74) is 11.6. The molecule has 88 valence electrons. The molecule has 0 aromatic heterocycles. The van der Waals surface area contributed by atoms with Crippen molar-refractivity contribution in [1.29, 1.82) is 0 Å². The SMILES string of the molecule is CCCCCOc1cccc(C(N)=O)c1N. The molecule has 0 unspecified atom stereocenters. The van der Waals surface area contributed by atoms with E-state index in [4.69, 9.17) is 16.2 Å². The van der Waals surface area contributed by atoms with E-state index in [2.05, 4.69) is 6.92 Å². The summed E-state index contributed by atoms with van der Waals surface area (Å²) in [6, 6.07) is 5.05. The molecule has 0 aliphatic carbocycles. The van der Waals surface area contributed by atoms with Crippen LogP contribution in [0, 0.1) is 0 Å². The van der Waals surface area contributed by atoms with Gasteiger partial charge in [-0.1, -0.05) is 25.8 Å². The lowest BCUT2D eigenvalue weighted by atomic mass is 10.1. The summed E-state index contributed by atoms with van der Waals surface area (Å²) < 4.78 is 5.50. The van der Waals surface area contributed by atoms with E-state index < -0.39 is 5.91 Å². The summed E-state index contributed by atoms with van der Waals surface area (Å²) in [6.07, 6.45) is 3.24. The number of para-hydroxylation sites is 1. The van der Waals surface area contributed by atoms with Gasteiger partial charge in [0.05, 0.1) is 17.9 Å². The van der Waals surface area contributed by atoms with Crippen molar-refractivity contribution in [1.82, 2.24) is 0 Å². The Morgan fingerprint density at radius 2 is 2.12 bits per heavy atom. The lowest BCUT2D eigenvalue weighted by Crippen LogP contribution is -2.14. The third-order valence-corrected chi connectivity index (χ3v) is 2.34. The average molecular weight is 222 g/mol. The topological polar surface area (TPSA) is 78.3 Å². The van der Waals surface area contributed by atoms with E-state index in [0.29, 0.717) is 23.6 Å². The largest absolute Gasteiger partial charge is 0.491 e. The van der Waals surface area contributed by atoms with Crippen LogP contribution in [0.1, 0.15) is 36.5 Å². The molecule has 0 spiro atoms. The smallest absolute Gasteiger partial charge is 0.250 e. The van der Waals surface area contributed by atoms with E-state index in [1.165, 1.54) is 0 Å². The van der Waals surface area contributed by atoms with Gasteiger partial charge < -0.3 is 16.2 Å². The number of nitrogen functional groups attached to an aromatic ring is 1. The average Bonchev–Trinajstić information content (AvgIpc) is 2.26. The molecule has 4 nitrogen and oxygen atoms in total. The minimum atomic E-state index is -0.531. The second kappa shape index (κ2) is 6.00. The number of carbonyl (C=O) groups excluding carboxylic acids is 1. The van der Waals surface area contributed by atoms with Gasteiger partial charge in [-0.25, -0.2) is 0 Å². The number of hydrogen-bond donors (Lipinski definition) is 2. The van der Waals surface area contributed by atoms with E-state index in [9.17, 15) is 4.79 Å². The van der Waals surface area contributed by atoms with Crippen molar-refractivity contribution in [2.75, 3.05) is 12.3 Å². The number of unbranched alkanes of at least 4 members (excludes halogenated alkanes) is 2. The number of benzene rings is 1. The zero-order valence-electron chi connectivity index (χ0n) is 9.53. The molecule has 1 aromatic carbocycles. The number of amides is 1. The molecule has 1 amide bonds. The van der Waals surface area contributed by atoms with Crippen molar-refractivity contribution >= 4 is 11.6 Å². The molecule has 0 aliphatic rings. The molecular formula is C12H18N2O2. The standard InChI is InChI=1S/C12H18N2O2/c1-2-3-4-8-16-10-7-5-6-9(11(10)13)12(14)15/h5-7H,2-4,8,13H2,1H3,(H2,14,15). The van der Waals surface area contributed by atoms with Gasteiger partial charge in [-0.3, -0.25) is 4.79 Å². The quantitative estimate of drug-likeness (QED) is 0.570. The van der Waals surface area contributed by atoms with Crippen molar-refractivity contribution < 1.29 is 9.53 Å². The molecule has 16 heavy (non-hydrogen) atoms. The normalized spacial score (nSPS) is 10.1. The first-order valence-corrected chi connectivity index (χ1v) is 5.48. The van der Waals surface area contributed by atoms with Crippen LogP contribution in [0.15, 0.2) is 18.2 Å². The Hall–Kier alpha value is -1.71. The van der Waals surface area contributed by atoms with Crippen molar-refractivity contribution in [3.63, 3.8) is 0 Å². The van der Waals surface area contributed by atoms with E-state index in [1.54, 1.807) is 18.2 Å². The van der Waals surface area contributed by atoms with Gasteiger partial charge in [-0.05, 0) is 18.6 Å². The Labute approximate surface area is 95.6 Å². The molecule has 0 radical (unpaired) electrons. The van der Waals surface area contributed by atoms with Gasteiger partial charge in [-0.2, -0.15) is 0 Å². The van der Waals surface area contributed by atoms with E-state index >= 15 is 0 Å². The highest BCUT2D eigenvalue weighted by atomic mass is 16.5. The van der Waals surface area contributed by atoms with Gasteiger partial charge in [0.15, 0.2) is 0 Å². The maximum atomic E-state index is 11.0. The van der Waals surface area contributed by atoms with Crippen molar-refractivity contribution in [2.45, 2.75) is 26.2 Å². The second-order valence-corrected chi connectivity index (χ2v) is 3.64. The fourth-order valence-corrected chi connectivity index (χ4v) is 1.42. The van der Waals surface area contributed by atoms with Crippen LogP contribution in [0.4, 0.5) is 5.69 Å². The summed E-state index contributed by atoms with van der Waals surface area (Å²) in [7, 11) is 0. The highest BCUT2D eigenvalue weighted by molar-refractivity contribution is 5.99. The Morgan fingerprint density at radius 3 is 2.75 bits per heavy atom. The van der Waals surface area contributed by atoms with E-state index in [-0.39, 0.29) is 0 Å². The summed E-state index contributed by atoms with van der Waals surface area (Å²) >= 11 is 0. The van der Waals surface area contributed by atoms with Crippen LogP contribution < -0.4 is 16.2 Å². The Kier molecular flexibility index (Phi) is 4.64. The molecule has 0 saturated heterocycles. The number of ether oxygens (including phenoxy) is 1. The molecule has 0 atom stereocenters. The van der Waals surface area contributed by atoms with Gasteiger partial charge in [0, 0.05) is 0 Å². The molecule has 4 N–H and O–H groups in total. The van der Waals surface area contributed by atoms with Gasteiger partial charge in [0.1, 0.15) is 5.75 Å². The minimum Gasteiger partial charge on any atom is -0.491 e. The van der Waals surface area contributed by atoms with Crippen LogP contribution >= 0.6 is 0 Å². The third kappa shape index (κ3) is 3.15. The van der Waals surface area contributed by atoms with Gasteiger partial charge in [-0.15, -0.1) is 0 Å². The molecule has 0 saturated carbocycles. The predicted molar refractivity (Wildman–Crippen MR) is 64.4 cm³/mol. The van der Waals surface area contributed by atoms with Gasteiger partial charge >= 0.3 is 0 Å². The van der Waals surface area contributed by atoms with Gasteiger partial charge in [0.25, 0.3) is 5.91 Å². The van der Waals surface area contributed by atoms with Crippen LogP contribution in [0.3, 0.4) is 0 Å². The van der Waals surface area contributed by atoms with E-state index in [0.717, 1.165) is 19.3 Å². The molecule has 0 bridgehead atoms. The van der Waals surface area contributed by atoms with Crippen LogP contribution in [0.5, 0.6) is 5.75 Å². The van der Waals surface area contributed by atoms with Crippen molar-refractivity contribution in [3.05, 3.63) is 23.8 Å². The summed E-state index contributed by atoms with van der Waals surface area (Å²) in [5.74, 6) is 0.00362. The highest BCUT2D eigenvalue weighted by Crippen LogP contribution is 2.24. The number of nitrogens with two attached hydrogens (primary N) is 2. The first-order valence-electron chi connectivity index (χ1n) is 5.48. The zero-order chi connectivity index (χ0) is 12.0. The first-order chi connectivity index (χ1) is 7.66. The van der Waals surface area contributed by atoms with E-state index in [1.807, 2.05) is 0 Å². The fraction of sp³-hybridized carbons (Fsp3) is 0.417. The fourth-order valence-electron chi connectivity index (χ4n) is 1.42. The Morgan fingerprint density at radius 1 is 1.38 bits per heavy atom. The summed E-state index contributed by atoms with van der Waals surface area (Å²) in [4.78, 5) is 11.0. The minimum absolute atomic E-state index is 0.313.